The number of carbonyl (C=O) groups is 3. The average Bonchev–Trinajstić information content (AvgIpc) is 3.32. The molecule has 0 saturated carbocycles. The highest BCUT2D eigenvalue weighted by molar-refractivity contribution is 5.91. The fourth-order valence-electron chi connectivity index (χ4n) is 5.35. The zero-order valence-electron chi connectivity index (χ0n) is 23.6. The number of rotatable bonds is 2. The maximum Gasteiger partial charge on any atom is 0.407 e. The van der Waals surface area contributed by atoms with Crippen molar-refractivity contribution >= 4 is 28.7 Å². The molecule has 2 aliphatic heterocycles. The molecule has 5 bridgehead atoms. The fourth-order valence-corrected chi connectivity index (χ4v) is 5.35. The van der Waals surface area contributed by atoms with E-state index in [1.54, 1.807) is 7.11 Å². The smallest absolute Gasteiger partial charge is 0.407 e. The summed E-state index contributed by atoms with van der Waals surface area (Å²) >= 11 is 0. The van der Waals surface area contributed by atoms with E-state index in [0.29, 0.717) is 5.75 Å². The maximum absolute atomic E-state index is 13.8. The Balaban J connectivity index is 1.67. The van der Waals surface area contributed by atoms with E-state index in [-0.39, 0.29) is 25.5 Å². The van der Waals surface area contributed by atoms with Crippen molar-refractivity contribution in [1.29, 1.82) is 0 Å². The number of cyclic esters (lactones) is 1. The summed E-state index contributed by atoms with van der Waals surface area (Å²) in [6.45, 7) is 6.05. The second-order valence-corrected chi connectivity index (χ2v) is 11.4. The maximum atomic E-state index is 13.8. The first-order valence-corrected chi connectivity index (χ1v) is 13.7. The van der Waals surface area contributed by atoms with Gasteiger partial charge >= 0.3 is 12.1 Å². The van der Waals surface area contributed by atoms with Crippen LogP contribution in [0.4, 0.5) is 4.79 Å². The van der Waals surface area contributed by atoms with Gasteiger partial charge in [-0.3, -0.25) is 4.79 Å². The van der Waals surface area contributed by atoms with E-state index in [2.05, 4.69) is 11.4 Å². The van der Waals surface area contributed by atoms with Crippen LogP contribution in [0.1, 0.15) is 58.4 Å². The molecule has 212 valence electrons. The SMILES string of the molecule is COC(=O)C1CC2CN1C(=O)C(C(C)(C)C)NC(=O)OCCCCCCc1cc3cc(ccc3cc1OC)O2. The average molecular weight is 541 g/mol. The molecular formula is C30H40N2O7. The van der Waals surface area contributed by atoms with E-state index < -0.39 is 35.7 Å². The van der Waals surface area contributed by atoms with Crippen LogP contribution in [0.5, 0.6) is 11.5 Å². The van der Waals surface area contributed by atoms with Gasteiger partial charge in [0.25, 0.3) is 0 Å². The van der Waals surface area contributed by atoms with Crippen LogP contribution in [0.25, 0.3) is 10.8 Å². The number of methoxy groups -OCH3 is 2. The molecule has 0 radical (unpaired) electrons. The lowest BCUT2D eigenvalue weighted by Gasteiger charge is -2.34. The van der Waals surface area contributed by atoms with Gasteiger partial charge in [-0.1, -0.05) is 39.7 Å². The summed E-state index contributed by atoms with van der Waals surface area (Å²) in [7, 11) is 2.99. The number of nitrogens with one attached hydrogen (secondary N) is 1. The van der Waals surface area contributed by atoms with Crippen molar-refractivity contribution in [2.45, 2.75) is 77.5 Å². The number of esters is 1. The van der Waals surface area contributed by atoms with E-state index in [4.69, 9.17) is 18.9 Å². The van der Waals surface area contributed by atoms with Crippen molar-refractivity contribution in [2.24, 2.45) is 5.41 Å². The molecule has 2 amide bonds. The first-order valence-electron chi connectivity index (χ1n) is 13.7. The molecule has 0 aliphatic carbocycles. The zero-order valence-corrected chi connectivity index (χ0v) is 23.6. The molecule has 1 saturated heterocycles. The van der Waals surface area contributed by atoms with Gasteiger partial charge < -0.3 is 29.2 Å². The Morgan fingerprint density at radius 1 is 1.03 bits per heavy atom. The lowest BCUT2D eigenvalue weighted by atomic mass is 9.85. The normalized spacial score (nSPS) is 23.2. The summed E-state index contributed by atoms with van der Waals surface area (Å²) in [4.78, 5) is 40.6. The van der Waals surface area contributed by atoms with Gasteiger partial charge in [-0.2, -0.15) is 0 Å². The van der Waals surface area contributed by atoms with Gasteiger partial charge in [0.2, 0.25) is 5.91 Å². The zero-order chi connectivity index (χ0) is 28.2. The van der Waals surface area contributed by atoms with Crippen LogP contribution < -0.4 is 14.8 Å². The summed E-state index contributed by atoms with van der Waals surface area (Å²) in [6.07, 6.45) is 3.71. The summed E-state index contributed by atoms with van der Waals surface area (Å²) in [5.41, 5.74) is 0.507. The Kier molecular flexibility index (Phi) is 8.87. The van der Waals surface area contributed by atoms with Gasteiger partial charge in [0.15, 0.2) is 0 Å². The molecule has 1 N–H and O–H groups in total. The van der Waals surface area contributed by atoms with Crippen molar-refractivity contribution in [3.8, 4) is 11.5 Å². The van der Waals surface area contributed by atoms with Crippen LogP contribution in [-0.4, -0.2) is 68.4 Å². The molecule has 4 rings (SSSR count). The number of carbonyl (C=O) groups excluding carboxylic acids is 3. The van der Waals surface area contributed by atoms with Crippen molar-refractivity contribution in [1.82, 2.24) is 10.2 Å². The summed E-state index contributed by atoms with van der Waals surface area (Å²) in [6, 6.07) is 8.34. The minimum Gasteiger partial charge on any atom is -0.496 e. The molecule has 1 fully saturated rings. The number of fused-ring (bicyclic) bond motifs is 4. The number of amides is 2. The van der Waals surface area contributed by atoms with Gasteiger partial charge in [0.05, 0.1) is 27.4 Å². The third-order valence-corrected chi connectivity index (χ3v) is 7.48. The second-order valence-electron chi connectivity index (χ2n) is 11.4. The van der Waals surface area contributed by atoms with Crippen LogP contribution in [0.15, 0.2) is 30.3 Å². The largest absolute Gasteiger partial charge is 0.496 e. The Hall–Kier alpha value is -3.49. The molecule has 0 aromatic heterocycles. The number of ether oxygens (including phenoxy) is 4. The summed E-state index contributed by atoms with van der Waals surface area (Å²) < 4.78 is 22.4. The van der Waals surface area contributed by atoms with Crippen LogP contribution >= 0.6 is 0 Å². The number of hydrogen-bond acceptors (Lipinski definition) is 7. The molecule has 9 nitrogen and oxygen atoms in total. The molecule has 3 unspecified atom stereocenters. The number of hydrogen-bond donors (Lipinski definition) is 1. The third kappa shape index (κ3) is 6.75. The molecule has 2 aliphatic rings. The van der Waals surface area contributed by atoms with Crippen molar-refractivity contribution < 1.29 is 33.3 Å². The van der Waals surface area contributed by atoms with E-state index in [1.807, 2.05) is 45.0 Å². The quantitative estimate of drug-likeness (QED) is 0.554. The monoisotopic (exact) mass is 540 g/mol. The van der Waals surface area contributed by atoms with Crippen molar-refractivity contribution in [2.75, 3.05) is 27.4 Å². The minimum absolute atomic E-state index is 0.188. The van der Waals surface area contributed by atoms with Gasteiger partial charge in [0.1, 0.15) is 29.7 Å². The van der Waals surface area contributed by atoms with Gasteiger partial charge in [-0.05, 0) is 65.3 Å². The highest BCUT2D eigenvalue weighted by Gasteiger charge is 2.46. The van der Waals surface area contributed by atoms with Crippen LogP contribution in [0.2, 0.25) is 0 Å². The highest BCUT2D eigenvalue weighted by atomic mass is 16.5. The highest BCUT2D eigenvalue weighted by Crippen LogP contribution is 2.32. The molecule has 39 heavy (non-hydrogen) atoms. The number of aryl methyl sites for hydroxylation is 1. The lowest BCUT2D eigenvalue weighted by molar-refractivity contribution is -0.152. The molecule has 3 atom stereocenters. The fraction of sp³-hybridized carbons (Fsp3) is 0.567. The first kappa shape index (κ1) is 28.5. The molecule has 0 spiro atoms. The second kappa shape index (κ2) is 12.1. The van der Waals surface area contributed by atoms with E-state index in [0.717, 1.165) is 54.2 Å². The topological polar surface area (TPSA) is 103 Å². The Morgan fingerprint density at radius 2 is 1.79 bits per heavy atom. The van der Waals surface area contributed by atoms with Crippen LogP contribution in [0.3, 0.4) is 0 Å². The van der Waals surface area contributed by atoms with Crippen LogP contribution in [-0.2, 0) is 25.5 Å². The van der Waals surface area contributed by atoms with Gasteiger partial charge in [0, 0.05) is 6.42 Å². The minimum atomic E-state index is -0.893. The standard InChI is InChI=1S/C30H40N2O7/c1-30(2,3)26-27(33)32-18-23(17-24(32)28(34)37-5)39-22-12-11-19-16-25(36-4)20(14-21(19)15-22)10-8-6-7-9-13-38-29(35)31-26/h11-12,14-16,23-24,26H,6-10,13,17-18H2,1-5H3,(H,31,35). The summed E-state index contributed by atoms with van der Waals surface area (Å²) in [5.74, 6) is 0.631. The summed E-state index contributed by atoms with van der Waals surface area (Å²) in [5, 5.41) is 4.83. The number of alkyl carbamates (subject to hydrolysis) is 1. The molecular weight excluding hydrogens is 500 g/mol. The van der Waals surface area contributed by atoms with Crippen LogP contribution in [0, 0.1) is 5.41 Å². The first-order chi connectivity index (χ1) is 18.6. The van der Waals surface area contributed by atoms with Gasteiger partial charge in [-0.25, -0.2) is 9.59 Å². The number of nitrogens with zero attached hydrogens (tertiary/aromatic N) is 1. The lowest BCUT2D eigenvalue weighted by Crippen LogP contribution is -2.57. The Bertz CT molecular complexity index is 1210. The van der Waals surface area contributed by atoms with Crippen molar-refractivity contribution in [3.05, 3.63) is 35.9 Å². The number of benzene rings is 2. The van der Waals surface area contributed by atoms with E-state index in [9.17, 15) is 14.4 Å². The predicted octanol–water partition coefficient (Wildman–Crippen LogP) is 4.63. The van der Waals surface area contributed by atoms with E-state index in [1.165, 1.54) is 12.0 Å². The molecule has 2 heterocycles. The van der Waals surface area contributed by atoms with Crippen molar-refractivity contribution in [3.63, 3.8) is 0 Å². The molecule has 2 aromatic carbocycles. The third-order valence-electron chi connectivity index (χ3n) is 7.48. The van der Waals surface area contributed by atoms with E-state index >= 15 is 0 Å². The molecule has 2 aromatic rings. The predicted molar refractivity (Wildman–Crippen MR) is 147 cm³/mol. The van der Waals surface area contributed by atoms with Gasteiger partial charge in [-0.15, -0.1) is 0 Å². The Labute approximate surface area is 230 Å². The Morgan fingerprint density at radius 3 is 2.51 bits per heavy atom. The molecule has 9 heteroatoms.